The number of H-pyrrole nitrogens is 1. The summed E-state index contributed by atoms with van der Waals surface area (Å²) in [6.07, 6.45) is 1.52. The molecule has 13 nitrogen and oxygen atoms in total. The number of hydrogen-bond acceptors (Lipinski definition) is 9. The summed E-state index contributed by atoms with van der Waals surface area (Å²) in [5, 5.41) is 4.65. The van der Waals surface area contributed by atoms with Gasteiger partial charge >= 0.3 is 0 Å². The molecule has 2 aromatic carbocycles. The van der Waals surface area contributed by atoms with Gasteiger partial charge in [0.2, 0.25) is 10.0 Å². The highest BCUT2D eigenvalue weighted by atomic mass is 32.2. The minimum atomic E-state index is -4.00. The van der Waals surface area contributed by atoms with E-state index in [9.17, 15) is 21.6 Å². The van der Waals surface area contributed by atoms with Crippen LogP contribution in [0.3, 0.4) is 0 Å². The van der Waals surface area contributed by atoms with Crippen LogP contribution in [-0.2, 0) is 26.6 Å². The molecule has 3 heterocycles. The van der Waals surface area contributed by atoms with Crippen LogP contribution in [-0.4, -0.2) is 89.5 Å². The molecule has 1 saturated heterocycles. The molecule has 0 radical (unpaired) electrons. The summed E-state index contributed by atoms with van der Waals surface area (Å²) in [6, 6.07) is 12.1. The topological polar surface area (TPSA) is 167 Å². The summed E-state index contributed by atoms with van der Waals surface area (Å²) in [5.41, 5.74) is 1.09. The van der Waals surface area contributed by atoms with Gasteiger partial charge < -0.3 is 14.6 Å². The van der Waals surface area contributed by atoms with Crippen LogP contribution < -0.4 is 10.3 Å². The van der Waals surface area contributed by atoms with E-state index in [1.807, 2.05) is 13.8 Å². The third-order valence-electron chi connectivity index (χ3n) is 7.18. The molecule has 1 aliphatic heterocycles. The summed E-state index contributed by atoms with van der Waals surface area (Å²) < 4.78 is 64.9. The van der Waals surface area contributed by atoms with Crippen molar-refractivity contribution in [2.45, 2.75) is 50.3 Å². The highest BCUT2D eigenvalue weighted by Crippen LogP contribution is 2.31. The zero-order valence-electron chi connectivity index (χ0n) is 25.2. The van der Waals surface area contributed by atoms with Crippen LogP contribution >= 0.6 is 0 Å². The van der Waals surface area contributed by atoms with Crippen LogP contribution in [0.1, 0.15) is 38.7 Å². The van der Waals surface area contributed by atoms with E-state index in [2.05, 4.69) is 26.9 Å². The highest BCUT2D eigenvalue weighted by Gasteiger charge is 2.29. The number of aryl methyl sites for hydroxylation is 2. The summed E-state index contributed by atoms with van der Waals surface area (Å²) in [4.78, 5) is 22.6. The van der Waals surface area contributed by atoms with Crippen LogP contribution in [0.25, 0.3) is 16.9 Å². The largest absolute Gasteiger partial charge is 0.493 e. The average Bonchev–Trinajstić information content (AvgIpc) is 3.33. The first-order valence-corrected chi connectivity index (χ1v) is 17.3. The fourth-order valence-corrected chi connectivity index (χ4v) is 6.86. The van der Waals surface area contributed by atoms with Crippen molar-refractivity contribution >= 4 is 25.7 Å². The Kier molecular flexibility index (Phi) is 10.6. The lowest BCUT2D eigenvalue weighted by atomic mass is 10.2. The van der Waals surface area contributed by atoms with Crippen LogP contribution in [0.4, 0.5) is 0 Å². The normalized spacial score (nSPS) is 14.8. The van der Waals surface area contributed by atoms with Crippen molar-refractivity contribution in [1.29, 1.82) is 0 Å². The van der Waals surface area contributed by atoms with Crippen molar-refractivity contribution in [3.8, 4) is 17.1 Å². The van der Waals surface area contributed by atoms with E-state index in [-0.39, 0.29) is 21.2 Å². The first-order chi connectivity index (χ1) is 20.9. The van der Waals surface area contributed by atoms with Crippen molar-refractivity contribution in [3.63, 3.8) is 0 Å². The minimum Gasteiger partial charge on any atom is -0.493 e. The molecule has 0 saturated carbocycles. The molecule has 5 rings (SSSR count). The SMILES string of the molecule is CCCc1nc(C)c2c(=O)[nH]c(-c3cc(S(=O)(=O)N4CCN(CC)CC4)ccc3OCC)nn12.O=S(=O)(O)c1ccccc1. The second-order valence-corrected chi connectivity index (χ2v) is 13.5. The summed E-state index contributed by atoms with van der Waals surface area (Å²) >= 11 is 0. The maximum absolute atomic E-state index is 13.4. The molecular weight excluding hydrogens is 608 g/mol. The third kappa shape index (κ3) is 7.35. The number of nitrogens with zero attached hydrogens (tertiary/aromatic N) is 5. The molecular formula is C29H38N6O7S2. The zero-order valence-corrected chi connectivity index (χ0v) is 26.9. The Bertz CT molecular complexity index is 1870. The number of piperazine rings is 1. The molecule has 44 heavy (non-hydrogen) atoms. The lowest BCUT2D eigenvalue weighted by molar-refractivity contribution is 0.196. The Morgan fingerprint density at radius 1 is 0.955 bits per heavy atom. The van der Waals surface area contributed by atoms with Gasteiger partial charge in [0.25, 0.3) is 15.7 Å². The Morgan fingerprint density at radius 2 is 1.64 bits per heavy atom. The fourth-order valence-electron chi connectivity index (χ4n) is 4.91. The number of nitrogens with one attached hydrogen (secondary N) is 1. The quantitative estimate of drug-likeness (QED) is 0.258. The molecule has 0 atom stereocenters. The monoisotopic (exact) mass is 646 g/mol. The number of ether oxygens (including phenoxy) is 1. The van der Waals surface area contributed by atoms with Gasteiger partial charge in [0.05, 0.1) is 27.7 Å². The number of benzene rings is 2. The van der Waals surface area contributed by atoms with Crippen LogP contribution in [0.2, 0.25) is 0 Å². The third-order valence-corrected chi connectivity index (χ3v) is 9.94. The lowest BCUT2D eigenvalue weighted by Crippen LogP contribution is -2.48. The average molecular weight is 647 g/mol. The van der Waals surface area contributed by atoms with Gasteiger partial charge in [0.1, 0.15) is 11.6 Å². The molecule has 1 fully saturated rings. The molecule has 15 heteroatoms. The van der Waals surface area contributed by atoms with Gasteiger partial charge in [-0.15, -0.1) is 5.10 Å². The number of sulfonamides is 1. The lowest BCUT2D eigenvalue weighted by Gasteiger charge is -2.33. The van der Waals surface area contributed by atoms with Gasteiger partial charge in [-0.1, -0.05) is 32.0 Å². The molecule has 0 unspecified atom stereocenters. The molecule has 1 aliphatic rings. The number of aromatic nitrogens is 4. The van der Waals surface area contributed by atoms with Crippen LogP contribution in [0.15, 0.2) is 63.1 Å². The standard InChI is InChI=1S/C23H32N6O4S.C6H6O3S/c1-5-8-20-24-16(4)21-23(30)25-22(26-29(20)21)18-15-17(9-10-19(18)33-7-3)34(31,32)28-13-11-27(6-2)12-14-28;7-10(8,9)6-4-2-1-3-5-6/h9-10,15H,5-8,11-14H2,1-4H3,(H,25,26,30);1-5H,(H,7,8,9). The van der Waals surface area contributed by atoms with Gasteiger partial charge in [-0.3, -0.25) is 9.35 Å². The van der Waals surface area contributed by atoms with Crippen molar-refractivity contribution in [2.75, 3.05) is 39.3 Å². The van der Waals surface area contributed by atoms with Crippen molar-refractivity contribution in [3.05, 3.63) is 70.4 Å². The maximum Gasteiger partial charge on any atom is 0.294 e. The van der Waals surface area contributed by atoms with Gasteiger partial charge in [-0.25, -0.2) is 17.9 Å². The number of imidazole rings is 1. The maximum atomic E-state index is 13.4. The van der Waals surface area contributed by atoms with Crippen LogP contribution in [0, 0.1) is 6.92 Å². The number of fused-ring (bicyclic) bond motifs is 1. The Balaban J connectivity index is 0.000000375. The van der Waals surface area contributed by atoms with E-state index < -0.39 is 20.1 Å². The number of likely N-dealkylation sites (N-methyl/N-ethyl adjacent to an activating group) is 1. The Hall–Kier alpha value is -3.63. The highest BCUT2D eigenvalue weighted by molar-refractivity contribution is 7.89. The van der Waals surface area contributed by atoms with E-state index >= 15 is 0 Å². The molecule has 0 bridgehead atoms. The summed E-state index contributed by atoms with van der Waals surface area (Å²) in [6.45, 7) is 11.3. The van der Waals surface area contributed by atoms with Gasteiger partial charge in [0, 0.05) is 32.6 Å². The number of rotatable bonds is 9. The summed E-state index contributed by atoms with van der Waals surface area (Å²) in [5.74, 6) is 1.38. The molecule has 2 N–H and O–H groups in total. The van der Waals surface area contributed by atoms with E-state index in [0.29, 0.717) is 67.6 Å². The van der Waals surface area contributed by atoms with Crippen molar-refractivity contribution < 1.29 is 26.1 Å². The van der Waals surface area contributed by atoms with Crippen molar-refractivity contribution in [2.24, 2.45) is 0 Å². The predicted octanol–water partition coefficient (Wildman–Crippen LogP) is 3.00. The Labute approximate surface area is 257 Å². The number of aromatic amines is 1. The second-order valence-electron chi connectivity index (χ2n) is 10.1. The van der Waals surface area contributed by atoms with Gasteiger partial charge in [-0.2, -0.15) is 12.7 Å². The first kappa shape index (κ1) is 33.3. The van der Waals surface area contributed by atoms with Gasteiger partial charge in [-0.05, 0) is 57.1 Å². The second kappa shape index (κ2) is 14.0. The van der Waals surface area contributed by atoms with E-state index in [0.717, 1.165) is 13.0 Å². The fraction of sp³-hybridized carbons (Fsp3) is 0.414. The smallest absolute Gasteiger partial charge is 0.294 e. The molecule has 2 aromatic heterocycles. The predicted molar refractivity (Wildman–Crippen MR) is 166 cm³/mol. The molecule has 0 aliphatic carbocycles. The molecule has 238 valence electrons. The van der Waals surface area contributed by atoms with Crippen LogP contribution in [0.5, 0.6) is 5.75 Å². The molecule has 0 spiro atoms. The number of hydrogen-bond donors (Lipinski definition) is 2. The van der Waals surface area contributed by atoms with E-state index in [4.69, 9.17) is 9.29 Å². The van der Waals surface area contributed by atoms with E-state index in [1.54, 1.807) is 47.8 Å². The molecule has 0 amide bonds. The Morgan fingerprint density at radius 3 is 2.20 bits per heavy atom. The first-order valence-electron chi connectivity index (χ1n) is 14.4. The minimum absolute atomic E-state index is 0.0741. The van der Waals surface area contributed by atoms with Gasteiger partial charge in [0.15, 0.2) is 11.3 Å². The van der Waals surface area contributed by atoms with E-state index in [1.165, 1.54) is 16.4 Å². The summed E-state index contributed by atoms with van der Waals surface area (Å²) in [7, 11) is -7.71. The zero-order chi connectivity index (χ0) is 32.1. The van der Waals surface area contributed by atoms with Crippen molar-refractivity contribution in [1.82, 2.24) is 28.8 Å². The molecule has 4 aromatic rings.